The summed E-state index contributed by atoms with van der Waals surface area (Å²) in [5.74, 6) is 1.74. The van der Waals surface area contributed by atoms with Gasteiger partial charge in [0.2, 0.25) is 0 Å². The standard InChI is InChI=1S/C14H13N3S/c18-8-5-10-1-2-12-13(9-10)17-14(16-12)11-3-6-15-7-4-11/h1-4,6-7,9,18H,5,8H2,(H,16,17). The van der Waals surface area contributed by atoms with Crippen molar-refractivity contribution in [3.63, 3.8) is 0 Å². The van der Waals surface area contributed by atoms with Crippen molar-refractivity contribution in [1.29, 1.82) is 0 Å². The van der Waals surface area contributed by atoms with Gasteiger partial charge in [-0.1, -0.05) is 6.07 Å². The van der Waals surface area contributed by atoms with E-state index in [1.54, 1.807) is 12.4 Å². The lowest BCUT2D eigenvalue weighted by Gasteiger charge is -1.96. The maximum absolute atomic E-state index is 4.58. The van der Waals surface area contributed by atoms with Crippen LogP contribution in [0.2, 0.25) is 0 Å². The van der Waals surface area contributed by atoms with Crippen LogP contribution in [0.4, 0.5) is 0 Å². The zero-order chi connectivity index (χ0) is 12.4. The van der Waals surface area contributed by atoms with Gasteiger partial charge in [-0.15, -0.1) is 0 Å². The lowest BCUT2D eigenvalue weighted by Crippen LogP contribution is -1.85. The van der Waals surface area contributed by atoms with Gasteiger partial charge in [0.25, 0.3) is 0 Å². The van der Waals surface area contributed by atoms with E-state index in [2.05, 4.69) is 45.8 Å². The van der Waals surface area contributed by atoms with E-state index in [9.17, 15) is 0 Å². The number of nitrogens with one attached hydrogen (secondary N) is 1. The second kappa shape index (κ2) is 4.82. The third kappa shape index (κ3) is 2.11. The minimum atomic E-state index is 0.858. The average molecular weight is 255 g/mol. The molecule has 3 nitrogen and oxygen atoms in total. The van der Waals surface area contributed by atoms with Crippen LogP contribution in [0, 0.1) is 0 Å². The summed E-state index contributed by atoms with van der Waals surface area (Å²) in [6, 6.07) is 10.2. The van der Waals surface area contributed by atoms with Crippen LogP contribution in [-0.4, -0.2) is 20.7 Å². The monoisotopic (exact) mass is 255 g/mol. The maximum Gasteiger partial charge on any atom is 0.138 e. The summed E-state index contributed by atoms with van der Waals surface area (Å²) in [7, 11) is 0. The van der Waals surface area contributed by atoms with E-state index in [1.807, 2.05) is 12.1 Å². The molecular weight excluding hydrogens is 242 g/mol. The number of thiol groups is 1. The number of aryl methyl sites for hydroxylation is 1. The number of H-pyrrole nitrogens is 1. The summed E-state index contributed by atoms with van der Waals surface area (Å²) < 4.78 is 0. The van der Waals surface area contributed by atoms with Crippen molar-refractivity contribution >= 4 is 23.7 Å². The molecule has 90 valence electrons. The Morgan fingerprint density at radius 2 is 1.94 bits per heavy atom. The molecule has 0 fully saturated rings. The summed E-state index contributed by atoms with van der Waals surface area (Å²) in [4.78, 5) is 11.9. The van der Waals surface area contributed by atoms with Crippen molar-refractivity contribution in [2.75, 3.05) is 5.75 Å². The van der Waals surface area contributed by atoms with Crippen LogP contribution >= 0.6 is 12.6 Å². The molecule has 2 heterocycles. The molecule has 4 heteroatoms. The highest BCUT2D eigenvalue weighted by Gasteiger charge is 2.05. The minimum absolute atomic E-state index is 0.858. The molecule has 0 amide bonds. The van der Waals surface area contributed by atoms with Crippen LogP contribution in [-0.2, 0) is 6.42 Å². The van der Waals surface area contributed by atoms with Gasteiger partial charge in [-0.3, -0.25) is 4.98 Å². The quantitative estimate of drug-likeness (QED) is 0.706. The third-order valence-electron chi connectivity index (χ3n) is 2.90. The van der Waals surface area contributed by atoms with E-state index in [0.717, 1.165) is 34.6 Å². The largest absolute Gasteiger partial charge is 0.338 e. The minimum Gasteiger partial charge on any atom is -0.338 e. The molecule has 18 heavy (non-hydrogen) atoms. The number of aromatic nitrogens is 3. The van der Waals surface area contributed by atoms with E-state index in [0.29, 0.717) is 0 Å². The number of benzene rings is 1. The normalized spacial score (nSPS) is 10.9. The average Bonchev–Trinajstić information content (AvgIpc) is 2.83. The molecule has 2 aromatic heterocycles. The number of fused-ring (bicyclic) bond motifs is 1. The molecule has 0 bridgehead atoms. The first-order valence-electron chi connectivity index (χ1n) is 5.87. The molecule has 3 rings (SSSR count). The van der Waals surface area contributed by atoms with E-state index in [-0.39, 0.29) is 0 Å². The van der Waals surface area contributed by atoms with Gasteiger partial charge in [0.15, 0.2) is 0 Å². The van der Waals surface area contributed by atoms with Crippen molar-refractivity contribution in [3.05, 3.63) is 48.3 Å². The van der Waals surface area contributed by atoms with Crippen molar-refractivity contribution in [2.45, 2.75) is 6.42 Å². The Hall–Kier alpha value is -1.81. The lowest BCUT2D eigenvalue weighted by atomic mass is 10.1. The molecular formula is C14H13N3S. The SMILES string of the molecule is SCCc1ccc2nc(-c3ccncc3)[nH]c2c1. The summed E-state index contributed by atoms with van der Waals surface area (Å²) in [5.41, 5.74) is 4.39. The molecule has 1 aromatic carbocycles. The topological polar surface area (TPSA) is 41.6 Å². The zero-order valence-corrected chi connectivity index (χ0v) is 10.7. The lowest BCUT2D eigenvalue weighted by molar-refractivity contribution is 1.17. The third-order valence-corrected chi connectivity index (χ3v) is 3.12. The highest BCUT2D eigenvalue weighted by atomic mass is 32.1. The predicted octanol–water partition coefficient (Wildman–Crippen LogP) is 3.10. The Balaban J connectivity index is 2.06. The molecule has 0 spiro atoms. The van der Waals surface area contributed by atoms with Gasteiger partial charge in [0, 0.05) is 18.0 Å². The molecule has 0 saturated carbocycles. The zero-order valence-electron chi connectivity index (χ0n) is 9.80. The fourth-order valence-electron chi connectivity index (χ4n) is 1.99. The molecule has 0 aliphatic carbocycles. The smallest absolute Gasteiger partial charge is 0.138 e. The van der Waals surface area contributed by atoms with Crippen LogP contribution in [0.3, 0.4) is 0 Å². The van der Waals surface area contributed by atoms with Crippen molar-refractivity contribution in [3.8, 4) is 11.4 Å². The number of nitrogens with zero attached hydrogens (tertiary/aromatic N) is 2. The molecule has 1 N–H and O–H groups in total. The molecule has 0 aliphatic rings. The van der Waals surface area contributed by atoms with Crippen molar-refractivity contribution in [1.82, 2.24) is 15.0 Å². The van der Waals surface area contributed by atoms with E-state index in [1.165, 1.54) is 5.56 Å². The van der Waals surface area contributed by atoms with Gasteiger partial charge in [-0.2, -0.15) is 12.6 Å². The number of hydrogen-bond donors (Lipinski definition) is 2. The van der Waals surface area contributed by atoms with Crippen LogP contribution < -0.4 is 0 Å². The number of rotatable bonds is 3. The predicted molar refractivity (Wildman–Crippen MR) is 76.9 cm³/mol. The Kier molecular flexibility index (Phi) is 3.02. The fourth-order valence-corrected chi connectivity index (χ4v) is 2.25. The fraction of sp³-hybridized carbons (Fsp3) is 0.143. The van der Waals surface area contributed by atoms with Gasteiger partial charge >= 0.3 is 0 Å². The molecule has 0 saturated heterocycles. The Bertz CT molecular complexity index is 661. The maximum atomic E-state index is 4.58. The van der Waals surface area contributed by atoms with Crippen LogP contribution in [0.15, 0.2) is 42.7 Å². The van der Waals surface area contributed by atoms with Crippen LogP contribution in [0.25, 0.3) is 22.4 Å². The molecule has 0 aliphatic heterocycles. The van der Waals surface area contributed by atoms with E-state index < -0.39 is 0 Å². The van der Waals surface area contributed by atoms with Gasteiger partial charge < -0.3 is 4.98 Å². The Morgan fingerprint density at radius 1 is 1.11 bits per heavy atom. The van der Waals surface area contributed by atoms with Crippen molar-refractivity contribution < 1.29 is 0 Å². The highest BCUT2D eigenvalue weighted by molar-refractivity contribution is 7.80. The number of pyridine rings is 1. The first-order valence-corrected chi connectivity index (χ1v) is 6.50. The molecule has 3 aromatic rings. The first-order chi connectivity index (χ1) is 8.86. The summed E-state index contributed by atoms with van der Waals surface area (Å²) >= 11 is 4.26. The number of imidazole rings is 1. The van der Waals surface area contributed by atoms with Gasteiger partial charge in [0.1, 0.15) is 5.82 Å². The number of aromatic amines is 1. The molecule has 0 unspecified atom stereocenters. The summed E-state index contributed by atoms with van der Waals surface area (Å²) in [6.45, 7) is 0. The van der Waals surface area contributed by atoms with Gasteiger partial charge in [-0.25, -0.2) is 4.98 Å². The molecule has 0 radical (unpaired) electrons. The highest BCUT2D eigenvalue weighted by Crippen LogP contribution is 2.20. The first kappa shape index (κ1) is 11.3. The second-order valence-electron chi connectivity index (χ2n) is 4.15. The second-order valence-corrected chi connectivity index (χ2v) is 4.59. The summed E-state index contributed by atoms with van der Waals surface area (Å²) in [6.07, 6.45) is 4.52. The molecule has 0 atom stereocenters. The summed E-state index contributed by atoms with van der Waals surface area (Å²) in [5, 5.41) is 0. The van der Waals surface area contributed by atoms with Crippen LogP contribution in [0.1, 0.15) is 5.56 Å². The van der Waals surface area contributed by atoms with E-state index >= 15 is 0 Å². The van der Waals surface area contributed by atoms with Crippen LogP contribution in [0.5, 0.6) is 0 Å². The van der Waals surface area contributed by atoms with Gasteiger partial charge in [0.05, 0.1) is 11.0 Å². The van der Waals surface area contributed by atoms with Gasteiger partial charge in [-0.05, 0) is 42.0 Å². The van der Waals surface area contributed by atoms with Crippen molar-refractivity contribution in [2.24, 2.45) is 0 Å². The van der Waals surface area contributed by atoms with E-state index in [4.69, 9.17) is 0 Å². The Labute approximate surface area is 111 Å². The number of hydrogen-bond acceptors (Lipinski definition) is 3. The Morgan fingerprint density at radius 3 is 2.72 bits per heavy atom.